The zero-order valence-electron chi connectivity index (χ0n) is 23.4. The number of rotatable bonds is 4. The summed E-state index contributed by atoms with van der Waals surface area (Å²) in [5.41, 5.74) is -2.86. The normalized spacial score (nSPS) is 20.8. The smallest absolute Gasteiger partial charge is 0.378 e. The lowest BCUT2D eigenvalue weighted by molar-refractivity contribution is -0.137. The highest BCUT2D eigenvalue weighted by atomic mass is 19.4. The van der Waals surface area contributed by atoms with Crippen molar-refractivity contribution in [3.05, 3.63) is 74.8 Å². The first-order chi connectivity index (χ1) is 21.0. The number of ether oxygens (including phenoxy) is 1. The van der Waals surface area contributed by atoms with Gasteiger partial charge in [-0.15, -0.1) is 0 Å². The summed E-state index contributed by atoms with van der Waals surface area (Å²) in [4.78, 5) is 46.7. The summed E-state index contributed by atoms with van der Waals surface area (Å²) in [6, 6.07) is 8.02. The van der Waals surface area contributed by atoms with Crippen LogP contribution in [0.5, 0.6) is 0 Å². The Balaban J connectivity index is 1.30. The molecule has 3 aliphatic rings. The van der Waals surface area contributed by atoms with Gasteiger partial charge in [0.1, 0.15) is 5.82 Å². The molecule has 3 fully saturated rings. The van der Waals surface area contributed by atoms with Gasteiger partial charge in [0, 0.05) is 56.8 Å². The molecule has 1 unspecified atom stereocenters. The molecule has 44 heavy (non-hydrogen) atoms. The number of anilines is 1. The van der Waals surface area contributed by atoms with Crippen molar-refractivity contribution in [3.8, 4) is 6.07 Å². The minimum Gasteiger partial charge on any atom is -0.378 e. The zero-order valence-corrected chi connectivity index (χ0v) is 23.4. The summed E-state index contributed by atoms with van der Waals surface area (Å²) >= 11 is 0. The van der Waals surface area contributed by atoms with Crippen molar-refractivity contribution in [1.82, 2.24) is 20.1 Å². The molecule has 0 radical (unpaired) electrons. The molecule has 230 valence electrons. The summed E-state index contributed by atoms with van der Waals surface area (Å²) in [5.74, 6) is -2.01. The number of H-pyrrole nitrogens is 1. The van der Waals surface area contributed by atoms with E-state index in [1.807, 2.05) is 0 Å². The number of nitrogens with one attached hydrogen (secondary N) is 2. The number of aromatic nitrogens is 1. The topological polar surface area (TPSA) is 122 Å². The van der Waals surface area contributed by atoms with Crippen molar-refractivity contribution in [1.29, 1.82) is 5.26 Å². The van der Waals surface area contributed by atoms with Crippen LogP contribution in [0.15, 0.2) is 41.2 Å². The quantitative estimate of drug-likeness (QED) is 0.435. The molecule has 0 aliphatic carbocycles. The molecule has 2 amide bonds. The Morgan fingerprint density at radius 3 is 2.66 bits per heavy atom. The first-order valence-electron chi connectivity index (χ1n) is 14.2. The number of nitrogens with zero attached hydrogens (tertiary/aromatic N) is 4. The fraction of sp³-hybridized carbons (Fsp3) is 0.400. The number of halogens is 4. The Morgan fingerprint density at radius 2 is 1.89 bits per heavy atom. The van der Waals surface area contributed by atoms with Crippen LogP contribution in [0.4, 0.5) is 23.2 Å². The van der Waals surface area contributed by atoms with Gasteiger partial charge in [0.05, 0.1) is 58.8 Å². The molecule has 3 saturated heterocycles. The summed E-state index contributed by atoms with van der Waals surface area (Å²) in [7, 11) is 0. The third-order valence-corrected chi connectivity index (χ3v) is 8.41. The molecule has 3 aromatic rings. The second-order valence-corrected chi connectivity index (χ2v) is 11.2. The molecule has 10 nitrogen and oxygen atoms in total. The van der Waals surface area contributed by atoms with E-state index in [-0.39, 0.29) is 65.4 Å². The highest BCUT2D eigenvalue weighted by Crippen LogP contribution is 2.41. The number of aromatic amines is 1. The molecule has 6 rings (SSSR count). The van der Waals surface area contributed by atoms with Crippen LogP contribution in [0, 0.1) is 17.1 Å². The number of nitriles is 1. The Bertz CT molecular complexity index is 1740. The second kappa shape index (κ2) is 11.5. The predicted molar refractivity (Wildman–Crippen MR) is 151 cm³/mol. The van der Waals surface area contributed by atoms with Gasteiger partial charge in [-0.05, 0) is 24.6 Å². The summed E-state index contributed by atoms with van der Waals surface area (Å²) in [5, 5.41) is 12.5. The fourth-order valence-electron chi connectivity index (χ4n) is 6.30. The third kappa shape index (κ3) is 5.60. The lowest BCUT2D eigenvalue weighted by Crippen LogP contribution is -2.59. The average molecular weight is 613 g/mol. The fourth-order valence-corrected chi connectivity index (χ4v) is 6.30. The van der Waals surface area contributed by atoms with Crippen molar-refractivity contribution in [2.24, 2.45) is 0 Å². The van der Waals surface area contributed by atoms with E-state index < -0.39 is 41.0 Å². The highest BCUT2D eigenvalue weighted by Gasteiger charge is 2.41. The first kappa shape index (κ1) is 29.6. The number of benzene rings is 2. The summed E-state index contributed by atoms with van der Waals surface area (Å²) < 4.78 is 63.2. The maximum Gasteiger partial charge on any atom is 0.418 e. The number of para-hydroxylation sites is 1. The number of hydrogen-bond donors (Lipinski definition) is 2. The molecule has 1 aromatic heterocycles. The standard InChI is InChI=1S/C30H28F4N6O4/c31-24-3-1-2-20-21(12-25(41)37-26(20)24)28(42)36-18-4-5-39(14-18)27-22(10-17(13-35)11-23(27)30(32,33)34)29(43)40-7-6-38-8-9-44-16-19(38)15-40/h1-3,10-12,18-19H,4-9,14-16H2,(H,36,42)(H,37,41)/t18-,19?/m1/s1. The van der Waals surface area contributed by atoms with E-state index in [1.165, 1.54) is 28.0 Å². The zero-order chi connectivity index (χ0) is 31.2. The Kier molecular flexibility index (Phi) is 7.77. The van der Waals surface area contributed by atoms with Gasteiger partial charge in [0.25, 0.3) is 11.8 Å². The van der Waals surface area contributed by atoms with Gasteiger partial charge in [-0.1, -0.05) is 12.1 Å². The van der Waals surface area contributed by atoms with Crippen LogP contribution in [0.3, 0.4) is 0 Å². The van der Waals surface area contributed by atoms with Crippen molar-refractivity contribution < 1.29 is 31.9 Å². The number of carbonyl (C=O) groups excluding carboxylic acids is 2. The van der Waals surface area contributed by atoms with Gasteiger partial charge in [-0.3, -0.25) is 19.3 Å². The largest absolute Gasteiger partial charge is 0.418 e. The lowest BCUT2D eigenvalue weighted by Gasteiger charge is -2.44. The first-order valence-corrected chi connectivity index (χ1v) is 14.2. The monoisotopic (exact) mass is 612 g/mol. The minimum absolute atomic E-state index is 0.0687. The third-order valence-electron chi connectivity index (χ3n) is 8.41. The lowest BCUT2D eigenvalue weighted by atomic mass is 9.99. The van der Waals surface area contributed by atoms with E-state index in [9.17, 15) is 37.2 Å². The van der Waals surface area contributed by atoms with Gasteiger partial charge in [-0.2, -0.15) is 18.4 Å². The van der Waals surface area contributed by atoms with E-state index in [2.05, 4.69) is 15.2 Å². The maximum absolute atomic E-state index is 14.5. The van der Waals surface area contributed by atoms with Crippen molar-refractivity contribution in [3.63, 3.8) is 0 Å². The number of pyridine rings is 1. The Hall–Kier alpha value is -4.48. The van der Waals surface area contributed by atoms with E-state index >= 15 is 0 Å². The van der Waals surface area contributed by atoms with Crippen LogP contribution >= 0.6 is 0 Å². The molecule has 4 heterocycles. The number of fused-ring (bicyclic) bond motifs is 2. The van der Waals surface area contributed by atoms with Crippen molar-refractivity contribution in [2.75, 3.05) is 57.4 Å². The molecule has 3 aliphatic heterocycles. The number of piperazine rings is 1. The number of alkyl halides is 3. The minimum atomic E-state index is -4.87. The average Bonchev–Trinajstić information content (AvgIpc) is 3.47. The molecule has 2 N–H and O–H groups in total. The molecule has 14 heteroatoms. The number of carbonyl (C=O) groups is 2. The number of hydrogen-bond acceptors (Lipinski definition) is 7. The molecule has 0 bridgehead atoms. The second-order valence-electron chi connectivity index (χ2n) is 11.2. The van der Waals surface area contributed by atoms with Crippen LogP contribution in [0.2, 0.25) is 0 Å². The van der Waals surface area contributed by atoms with E-state index in [1.54, 1.807) is 6.07 Å². The van der Waals surface area contributed by atoms with Gasteiger partial charge < -0.3 is 24.8 Å². The molecule has 2 atom stereocenters. The summed E-state index contributed by atoms with van der Waals surface area (Å²) in [6.45, 7) is 2.85. The SMILES string of the molecule is N#Cc1cc(C(=O)N2CCN3CCOCC3C2)c(N2CC[C@@H](NC(=O)c3cc(=O)[nH]c4c(F)cccc34)C2)c(C(F)(F)F)c1. The van der Waals surface area contributed by atoms with E-state index in [0.29, 0.717) is 32.8 Å². The van der Waals surface area contributed by atoms with Gasteiger partial charge in [0.2, 0.25) is 5.56 Å². The number of morpholine rings is 1. The van der Waals surface area contributed by atoms with Crippen LogP contribution in [-0.4, -0.2) is 91.2 Å². The van der Waals surface area contributed by atoms with Crippen molar-refractivity contribution >= 4 is 28.4 Å². The molecular formula is C30H28F4N6O4. The van der Waals surface area contributed by atoms with Gasteiger partial charge >= 0.3 is 6.18 Å². The van der Waals surface area contributed by atoms with Crippen LogP contribution in [0.1, 0.15) is 38.3 Å². The number of amides is 2. The Morgan fingerprint density at radius 1 is 1.07 bits per heavy atom. The molecular weight excluding hydrogens is 584 g/mol. The predicted octanol–water partition coefficient (Wildman–Crippen LogP) is 2.72. The Labute approximate surface area is 248 Å². The van der Waals surface area contributed by atoms with Crippen LogP contribution in [0.25, 0.3) is 10.9 Å². The van der Waals surface area contributed by atoms with E-state index in [0.717, 1.165) is 18.2 Å². The summed E-state index contributed by atoms with van der Waals surface area (Å²) in [6.07, 6.45) is -4.63. The maximum atomic E-state index is 14.5. The van der Waals surface area contributed by atoms with Crippen LogP contribution < -0.4 is 15.8 Å². The van der Waals surface area contributed by atoms with E-state index in [4.69, 9.17) is 4.74 Å². The van der Waals surface area contributed by atoms with Gasteiger partial charge in [-0.25, -0.2) is 4.39 Å². The highest BCUT2D eigenvalue weighted by molar-refractivity contribution is 6.06. The van der Waals surface area contributed by atoms with Crippen molar-refractivity contribution in [2.45, 2.75) is 24.7 Å². The molecule has 0 saturated carbocycles. The molecule has 0 spiro atoms. The van der Waals surface area contributed by atoms with Crippen LogP contribution in [-0.2, 0) is 10.9 Å². The van der Waals surface area contributed by atoms with Gasteiger partial charge in [0.15, 0.2) is 0 Å². The molecule has 2 aromatic carbocycles.